The summed E-state index contributed by atoms with van der Waals surface area (Å²) in [5, 5.41) is 18.9. The smallest absolute Gasteiger partial charge is 0.337 e. The summed E-state index contributed by atoms with van der Waals surface area (Å²) in [4.78, 5) is 20.4. The molecule has 0 aliphatic heterocycles. The van der Waals surface area contributed by atoms with E-state index in [0.29, 0.717) is 16.9 Å². The van der Waals surface area contributed by atoms with E-state index in [0.717, 1.165) is 5.56 Å². The van der Waals surface area contributed by atoms with Crippen molar-refractivity contribution in [3.05, 3.63) is 63.2 Å². The molecule has 116 valence electrons. The second-order valence-corrected chi connectivity index (χ2v) is 4.70. The molecule has 2 aromatic carbocycles. The first kappa shape index (κ1) is 17.0. The Bertz CT molecular complexity index is 652. The van der Waals surface area contributed by atoms with Crippen LogP contribution < -0.4 is 11.5 Å². The fraction of sp³-hybridized carbons (Fsp3) is 0.133. The summed E-state index contributed by atoms with van der Waals surface area (Å²) in [7, 11) is 0. The molecule has 2 aromatic rings. The molecule has 0 aliphatic carbocycles. The number of hydrogen-bond acceptors (Lipinski definition) is 5. The van der Waals surface area contributed by atoms with Crippen LogP contribution in [0, 0.1) is 24.0 Å². The number of anilines is 2. The SMILES string of the molecule is Cc1ccc(N)c(C(=O)O)c1.Cc1ccc(N)cc1[N+](=O)[O-]. The Morgan fingerprint density at radius 3 is 2.23 bits per heavy atom. The average molecular weight is 303 g/mol. The van der Waals surface area contributed by atoms with Gasteiger partial charge in [-0.25, -0.2) is 4.79 Å². The minimum Gasteiger partial charge on any atom is -0.478 e. The van der Waals surface area contributed by atoms with E-state index in [1.165, 1.54) is 6.07 Å². The van der Waals surface area contributed by atoms with Gasteiger partial charge in [0.15, 0.2) is 0 Å². The molecular formula is C15H17N3O4. The number of nitro benzene ring substituents is 1. The summed E-state index contributed by atoms with van der Waals surface area (Å²) in [6.45, 7) is 3.50. The van der Waals surface area contributed by atoms with Gasteiger partial charge in [0, 0.05) is 23.0 Å². The molecule has 0 saturated carbocycles. The van der Waals surface area contributed by atoms with E-state index in [-0.39, 0.29) is 11.3 Å². The molecule has 0 amide bonds. The number of hydrogen-bond donors (Lipinski definition) is 3. The maximum Gasteiger partial charge on any atom is 0.337 e. The van der Waals surface area contributed by atoms with Crippen molar-refractivity contribution in [1.29, 1.82) is 0 Å². The summed E-state index contributed by atoms with van der Waals surface area (Å²) in [5.41, 5.74) is 13.3. The molecule has 0 saturated heterocycles. The van der Waals surface area contributed by atoms with Gasteiger partial charge in [0.2, 0.25) is 0 Å². The van der Waals surface area contributed by atoms with Crippen molar-refractivity contribution < 1.29 is 14.8 Å². The van der Waals surface area contributed by atoms with Crippen LogP contribution in [0.2, 0.25) is 0 Å². The molecular weight excluding hydrogens is 286 g/mol. The van der Waals surface area contributed by atoms with E-state index < -0.39 is 10.9 Å². The minimum absolute atomic E-state index is 0.0741. The number of nitrogen functional groups attached to an aromatic ring is 2. The van der Waals surface area contributed by atoms with Gasteiger partial charge >= 0.3 is 5.97 Å². The highest BCUT2D eigenvalue weighted by Crippen LogP contribution is 2.19. The molecule has 0 spiro atoms. The topological polar surface area (TPSA) is 132 Å². The lowest BCUT2D eigenvalue weighted by Crippen LogP contribution is -2.02. The maximum atomic E-state index is 10.5. The molecule has 2 rings (SSSR count). The lowest BCUT2D eigenvalue weighted by Gasteiger charge is -2.00. The largest absolute Gasteiger partial charge is 0.478 e. The lowest BCUT2D eigenvalue weighted by atomic mass is 10.1. The summed E-state index contributed by atoms with van der Waals surface area (Å²) in [6.07, 6.45) is 0. The third-order valence-corrected chi connectivity index (χ3v) is 2.87. The Morgan fingerprint density at radius 1 is 1.14 bits per heavy atom. The molecule has 5 N–H and O–H groups in total. The molecule has 7 nitrogen and oxygen atoms in total. The highest BCUT2D eigenvalue weighted by Gasteiger charge is 2.08. The first-order chi connectivity index (χ1) is 10.2. The van der Waals surface area contributed by atoms with Crippen LogP contribution in [0.1, 0.15) is 21.5 Å². The molecule has 22 heavy (non-hydrogen) atoms. The summed E-state index contributed by atoms with van der Waals surface area (Å²) in [6, 6.07) is 9.56. The number of nitro groups is 1. The van der Waals surface area contributed by atoms with Gasteiger partial charge in [0.1, 0.15) is 0 Å². The molecule has 0 fully saturated rings. The molecule has 0 radical (unpaired) electrons. The minimum atomic E-state index is -0.980. The van der Waals surface area contributed by atoms with Crippen molar-refractivity contribution in [3.8, 4) is 0 Å². The van der Waals surface area contributed by atoms with Gasteiger partial charge < -0.3 is 16.6 Å². The van der Waals surface area contributed by atoms with Gasteiger partial charge in [0.05, 0.1) is 10.5 Å². The average Bonchev–Trinajstić information content (AvgIpc) is 2.44. The number of aromatic carboxylic acids is 1. The van der Waals surface area contributed by atoms with Gasteiger partial charge in [-0.2, -0.15) is 0 Å². The number of nitrogens with two attached hydrogens (primary N) is 2. The Morgan fingerprint density at radius 2 is 1.77 bits per heavy atom. The molecule has 0 heterocycles. The van der Waals surface area contributed by atoms with E-state index in [9.17, 15) is 14.9 Å². The van der Waals surface area contributed by atoms with Crippen molar-refractivity contribution >= 4 is 23.0 Å². The van der Waals surface area contributed by atoms with Crippen molar-refractivity contribution in [1.82, 2.24) is 0 Å². The third-order valence-electron chi connectivity index (χ3n) is 2.87. The zero-order chi connectivity index (χ0) is 16.9. The number of nitrogens with zero attached hydrogens (tertiary/aromatic N) is 1. The number of benzene rings is 2. The predicted molar refractivity (Wildman–Crippen MR) is 84.8 cm³/mol. The zero-order valence-electron chi connectivity index (χ0n) is 12.2. The third kappa shape index (κ3) is 4.48. The Balaban J connectivity index is 0.000000220. The zero-order valence-corrected chi connectivity index (χ0v) is 12.2. The van der Waals surface area contributed by atoms with Crippen LogP contribution in [0.25, 0.3) is 0 Å². The molecule has 0 unspecified atom stereocenters. The molecule has 0 aromatic heterocycles. The van der Waals surface area contributed by atoms with Crippen LogP contribution in [0.3, 0.4) is 0 Å². The summed E-state index contributed by atoms with van der Waals surface area (Å²) >= 11 is 0. The van der Waals surface area contributed by atoms with E-state index >= 15 is 0 Å². The first-order valence-corrected chi connectivity index (χ1v) is 6.32. The first-order valence-electron chi connectivity index (χ1n) is 6.32. The standard InChI is InChI=1S/C8H9NO2.C7H8N2O2/c1-5-2-3-7(9)6(4-5)8(10)11;1-5-2-3-6(8)4-7(5)9(10)11/h2-4H,9H2,1H3,(H,10,11);2-4H,8H2,1H3. The second-order valence-electron chi connectivity index (χ2n) is 4.70. The number of carbonyl (C=O) groups is 1. The van der Waals surface area contributed by atoms with E-state index in [4.69, 9.17) is 16.6 Å². The van der Waals surface area contributed by atoms with Crippen LogP contribution in [-0.2, 0) is 0 Å². The van der Waals surface area contributed by atoms with Crippen LogP contribution in [-0.4, -0.2) is 16.0 Å². The van der Waals surface area contributed by atoms with Crippen LogP contribution in [0.4, 0.5) is 17.1 Å². The molecule has 0 aliphatic rings. The van der Waals surface area contributed by atoms with Crippen molar-refractivity contribution in [3.63, 3.8) is 0 Å². The fourth-order valence-corrected chi connectivity index (χ4v) is 1.68. The van der Waals surface area contributed by atoms with E-state index in [1.54, 1.807) is 37.3 Å². The van der Waals surface area contributed by atoms with E-state index in [2.05, 4.69) is 0 Å². The number of carboxylic acids is 1. The van der Waals surface area contributed by atoms with Crippen molar-refractivity contribution in [2.24, 2.45) is 0 Å². The summed E-state index contributed by atoms with van der Waals surface area (Å²) in [5.74, 6) is -0.980. The van der Waals surface area contributed by atoms with Gasteiger partial charge in [-0.3, -0.25) is 10.1 Å². The fourth-order valence-electron chi connectivity index (χ4n) is 1.68. The Labute approximate surface area is 127 Å². The molecule has 7 heteroatoms. The Hall–Kier alpha value is -3.09. The normalized spacial score (nSPS) is 9.55. The second kappa shape index (κ2) is 7.07. The van der Waals surface area contributed by atoms with Crippen LogP contribution in [0.5, 0.6) is 0 Å². The number of rotatable bonds is 2. The van der Waals surface area contributed by atoms with Gasteiger partial charge in [-0.15, -0.1) is 0 Å². The lowest BCUT2D eigenvalue weighted by molar-refractivity contribution is -0.385. The predicted octanol–water partition coefficient (Wildman–Crippen LogP) is 2.76. The van der Waals surface area contributed by atoms with Crippen LogP contribution >= 0.6 is 0 Å². The van der Waals surface area contributed by atoms with Gasteiger partial charge in [0.25, 0.3) is 5.69 Å². The maximum absolute atomic E-state index is 10.5. The van der Waals surface area contributed by atoms with Crippen LogP contribution in [0.15, 0.2) is 36.4 Å². The monoisotopic (exact) mass is 303 g/mol. The van der Waals surface area contributed by atoms with Gasteiger partial charge in [-0.1, -0.05) is 17.7 Å². The Kier molecular flexibility index (Phi) is 5.45. The van der Waals surface area contributed by atoms with Gasteiger partial charge in [-0.05, 0) is 32.0 Å². The summed E-state index contributed by atoms with van der Waals surface area (Å²) < 4.78 is 0. The quantitative estimate of drug-likeness (QED) is 0.444. The van der Waals surface area contributed by atoms with E-state index in [1.807, 2.05) is 6.92 Å². The highest BCUT2D eigenvalue weighted by molar-refractivity contribution is 5.93. The molecule has 0 atom stereocenters. The number of carboxylic acid groups (broad SMARTS) is 1. The van der Waals surface area contributed by atoms with Crippen molar-refractivity contribution in [2.45, 2.75) is 13.8 Å². The number of aryl methyl sites for hydroxylation is 2. The van der Waals surface area contributed by atoms with Crippen molar-refractivity contribution in [2.75, 3.05) is 11.5 Å². The highest BCUT2D eigenvalue weighted by atomic mass is 16.6. The molecule has 0 bridgehead atoms.